The molecule has 2 aromatic rings. The fraction of sp³-hybridized carbons (Fsp3) is 0.0769. The van der Waals surface area contributed by atoms with E-state index in [0.29, 0.717) is 6.07 Å². The third-order valence-electron chi connectivity index (χ3n) is 2.67. The van der Waals surface area contributed by atoms with Gasteiger partial charge in [0.2, 0.25) is 0 Å². The van der Waals surface area contributed by atoms with Gasteiger partial charge in [0.25, 0.3) is 10.0 Å². The SMILES string of the molecule is O=S(=O)(Nc1cc(F)ccc1F)c1ccc(F)c(CO)c1. The summed E-state index contributed by atoms with van der Waals surface area (Å²) < 4.78 is 65.6. The van der Waals surface area contributed by atoms with Crippen LogP contribution in [-0.2, 0) is 16.6 Å². The Kier molecular flexibility index (Phi) is 4.19. The molecule has 2 N–H and O–H groups in total. The van der Waals surface area contributed by atoms with Crippen molar-refractivity contribution in [1.82, 2.24) is 0 Å². The predicted octanol–water partition coefficient (Wildman–Crippen LogP) is 2.40. The second-order valence-corrected chi connectivity index (χ2v) is 5.82. The van der Waals surface area contributed by atoms with Crippen molar-refractivity contribution in [3.05, 3.63) is 59.4 Å². The molecule has 0 bridgehead atoms. The van der Waals surface area contributed by atoms with E-state index in [0.717, 1.165) is 30.3 Å². The Hall–Kier alpha value is -2.06. The molecule has 112 valence electrons. The van der Waals surface area contributed by atoms with E-state index >= 15 is 0 Å². The fourth-order valence-corrected chi connectivity index (χ4v) is 2.73. The highest BCUT2D eigenvalue weighted by Gasteiger charge is 2.18. The van der Waals surface area contributed by atoms with Crippen molar-refractivity contribution < 1.29 is 26.7 Å². The lowest BCUT2D eigenvalue weighted by Gasteiger charge is -2.10. The smallest absolute Gasteiger partial charge is 0.262 e. The summed E-state index contributed by atoms with van der Waals surface area (Å²) in [6.07, 6.45) is 0. The molecule has 2 rings (SSSR count). The summed E-state index contributed by atoms with van der Waals surface area (Å²) in [5.74, 6) is -2.54. The highest BCUT2D eigenvalue weighted by atomic mass is 32.2. The maximum atomic E-state index is 13.4. The van der Waals surface area contributed by atoms with E-state index < -0.39 is 39.8 Å². The maximum Gasteiger partial charge on any atom is 0.262 e. The van der Waals surface area contributed by atoms with E-state index in [1.54, 1.807) is 0 Å². The summed E-state index contributed by atoms with van der Waals surface area (Å²) in [6.45, 7) is -0.691. The number of rotatable bonds is 4. The number of hydrogen-bond donors (Lipinski definition) is 2. The van der Waals surface area contributed by atoms with E-state index in [1.807, 2.05) is 4.72 Å². The second kappa shape index (κ2) is 5.74. The van der Waals surface area contributed by atoms with Crippen LogP contribution < -0.4 is 4.72 Å². The Balaban J connectivity index is 2.41. The number of aliphatic hydroxyl groups excluding tert-OH is 1. The molecular formula is C13H10F3NO3S. The molecule has 0 saturated carbocycles. The zero-order valence-electron chi connectivity index (χ0n) is 10.5. The highest BCUT2D eigenvalue weighted by molar-refractivity contribution is 7.92. The number of halogens is 3. The first kappa shape index (κ1) is 15.3. The van der Waals surface area contributed by atoms with E-state index in [-0.39, 0.29) is 10.5 Å². The van der Waals surface area contributed by atoms with Crippen molar-refractivity contribution in [1.29, 1.82) is 0 Å². The van der Waals surface area contributed by atoms with Gasteiger partial charge in [-0.25, -0.2) is 21.6 Å². The largest absolute Gasteiger partial charge is 0.392 e. The molecule has 0 unspecified atom stereocenters. The van der Waals surface area contributed by atoms with E-state index in [4.69, 9.17) is 5.11 Å². The first-order valence-corrected chi connectivity index (χ1v) is 7.19. The van der Waals surface area contributed by atoms with Gasteiger partial charge >= 0.3 is 0 Å². The van der Waals surface area contributed by atoms with Crippen LogP contribution in [0.4, 0.5) is 18.9 Å². The second-order valence-electron chi connectivity index (χ2n) is 4.14. The third kappa shape index (κ3) is 3.34. The van der Waals surface area contributed by atoms with Crippen molar-refractivity contribution in [3.63, 3.8) is 0 Å². The van der Waals surface area contributed by atoms with Crippen LogP contribution in [0.3, 0.4) is 0 Å². The average Bonchev–Trinajstić information content (AvgIpc) is 2.43. The molecule has 0 aliphatic heterocycles. The molecule has 0 fully saturated rings. The summed E-state index contributed by atoms with van der Waals surface area (Å²) in [5.41, 5.74) is -0.789. The molecule has 21 heavy (non-hydrogen) atoms. The minimum absolute atomic E-state index is 0.224. The van der Waals surface area contributed by atoms with Crippen LogP contribution in [0.1, 0.15) is 5.56 Å². The van der Waals surface area contributed by atoms with Crippen molar-refractivity contribution in [2.45, 2.75) is 11.5 Å². The topological polar surface area (TPSA) is 66.4 Å². The van der Waals surface area contributed by atoms with Crippen LogP contribution in [0, 0.1) is 17.5 Å². The minimum atomic E-state index is -4.24. The number of aliphatic hydroxyl groups is 1. The monoisotopic (exact) mass is 317 g/mol. The lowest BCUT2D eigenvalue weighted by molar-refractivity contribution is 0.275. The molecule has 0 aromatic heterocycles. The Morgan fingerprint density at radius 3 is 2.33 bits per heavy atom. The van der Waals surface area contributed by atoms with Crippen molar-refractivity contribution >= 4 is 15.7 Å². The zero-order valence-corrected chi connectivity index (χ0v) is 11.3. The number of anilines is 1. The quantitative estimate of drug-likeness (QED) is 0.910. The molecule has 0 aliphatic rings. The van der Waals surface area contributed by atoms with Crippen LogP contribution in [-0.4, -0.2) is 13.5 Å². The molecule has 4 nitrogen and oxygen atoms in total. The van der Waals surface area contributed by atoms with Gasteiger partial charge in [0.1, 0.15) is 17.5 Å². The van der Waals surface area contributed by atoms with Crippen molar-refractivity contribution in [2.24, 2.45) is 0 Å². The van der Waals surface area contributed by atoms with Crippen LogP contribution in [0.5, 0.6) is 0 Å². The van der Waals surface area contributed by atoms with E-state index in [9.17, 15) is 21.6 Å². The molecule has 0 radical (unpaired) electrons. The molecule has 0 aliphatic carbocycles. The van der Waals surface area contributed by atoms with Crippen molar-refractivity contribution in [2.75, 3.05) is 4.72 Å². The standard InChI is InChI=1S/C13H10F3NO3S/c14-9-1-3-12(16)13(6-9)17-21(19,20)10-2-4-11(15)8(5-10)7-18/h1-6,17-18H,7H2. The first-order valence-electron chi connectivity index (χ1n) is 5.70. The van der Waals surface area contributed by atoms with Crippen LogP contribution >= 0.6 is 0 Å². The van der Waals surface area contributed by atoms with Crippen molar-refractivity contribution in [3.8, 4) is 0 Å². The Labute approximate surface area is 118 Å². The Morgan fingerprint density at radius 1 is 1.00 bits per heavy atom. The van der Waals surface area contributed by atoms with Crippen LogP contribution in [0.15, 0.2) is 41.3 Å². The predicted molar refractivity (Wildman–Crippen MR) is 69.5 cm³/mol. The van der Waals surface area contributed by atoms with Gasteiger partial charge in [-0.3, -0.25) is 4.72 Å². The summed E-state index contributed by atoms with van der Waals surface area (Å²) in [5, 5.41) is 8.91. The molecular weight excluding hydrogens is 307 g/mol. The minimum Gasteiger partial charge on any atom is -0.392 e. The molecule has 2 aromatic carbocycles. The van der Waals surface area contributed by atoms with Gasteiger partial charge in [0.05, 0.1) is 17.2 Å². The summed E-state index contributed by atoms with van der Waals surface area (Å²) in [7, 11) is -4.24. The lowest BCUT2D eigenvalue weighted by atomic mass is 10.2. The molecule has 0 amide bonds. The van der Waals surface area contributed by atoms with Gasteiger partial charge < -0.3 is 5.11 Å². The molecule has 0 heterocycles. The fourth-order valence-electron chi connectivity index (χ4n) is 1.62. The third-order valence-corrected chi connectivity index (χ3v) is 4.03. The van der Waals surface area contributed by atoms with Gasteiger partial charge in [0.15, 0.2) is 0 Å². The van der Waals surface area contributed by atoms with Gasteiger partial charge in [0, 0.05) is 11.6 Å². The number of hydrogen-bond acceptors (Lipinski definition) is 3. The molecule has 0 atom stereocenters. The van der Waals surface area contributed by atoms with Crippen LogP contribution in [0.2, 0.25) is 0 Å². The zero-order chi connectivity index (χ0) is 15.6. The Morgan fingerprint density at radius 2 is 1.67 bits per heavy atom. The molecule has 8 heteroatoms. The summed E-state index contributed by atoms with van der Waals surface area (Å²) in [4.78, 5) is -0.378. The van der Waals surface area contributed by atoms with E-state index in [1.165, 1.54) is 0 Å². The maximum absolute atomic E-state index is 13.4. The van der Waals surface area contributed by atoms with Gasteiger partial charge in [-0.05, 0) is 30.3 Å². The average molecular weight is 317 g/mol. The normalized spacial score (nSPS) is 11.4. The van der Waals surface area contributed by atoms with Gasteiger partial charge in [-0.1, -0.05) is 0 Å². The summed E-state index contributed by atoms with van der Waals surface area (Å²) in [6, 6.07) is 5.03. The first-order chi connectivity index (χ1) is 9.83. The van der Waals surface area contributed by atoms with Crippen LogP contribution in [0.25, 0.3) is 0 Å². The Bertz CT molecular complexity index is 778. The van der Waals surface area contributed by atoms with Gasteiger partial charge in [-0.2, -0.15) is 0 Å². The number of sulfonamides is 1. The highest BCUT2D eigenvalue weighted by Crippen LogP contribution is 2.21. The number of nitrogens with one attached hydrogen (secondary N) is 1. The van der Waals surface area contributed by atoms with E-state index in [2.05, 4.69) is 0 Å². The van der Waals surface area contributed by atoms with Gasteiger partial charge in [-0.15, -0.1) is 0 Å². The summed E-state index contributed by atoms with van der Waals surface area (Å²) >= 11 is 0. The number of benzene rings is 2. The molecule has 0 spiro atoms. The lowest BCUT2D eigenvalue weighted by Crippen LogP contribution is -2.14. The molecule has 0 saturated heterocycles.